The lowest BCUT2D eigenvalue weighted by Crippen LogP contribution is -2.12. The fourth-order valence-corrected chi connectivity index (χ4v) is 3.76. The fraction of sp³-hybridized carbons (Fsp3) is 0.130. The number of thioether (sulfide) groups is 1. The molecule has 0 saturated heterocycles. The van der Waals surface area contributed by atoms with Crippen molar-refractivity contribution < 1.29 is 18.7 Å². The molecule has 0 unspecified atom stereocenters. The number of hydrogen-bond acceptors (Lipinski definition) is 8. The highest BCUT2D eigenvalue weighted by Gasteiger charge is 2.16. The van der Waals surface area contributed by atoms with E-state index in [4.69, 9.17) is 21.1 Å². The molecule has 4 aromatic rings. The summed E-state index contributed by atoms with van der Waals surface area (Å²) in [7, 11) is 0. The normalized spacial score (nSPS) is 10.8. The van der Waals surface area contributed by atoms with Crippen LogP contribution >= 0.6 is 23.4 Å². The van der Waals surface area contributed by atoms with Gasteiger partial charge in [0.2, 0.25) is 0 Å². The first-order valence-electron chi connectivity index (χ1n) is 9.91. The van der Waals surface area contributed by atoms with E-state index in [1.165, 1.54) is 30.2 Å². The lowest BCUT2D eigenvalue weighted by molar-refractivity contribution is -0.131. The lowest BCUT2D eigenvalue weighted by Gasteiger charge is -2.14. The lowest BCUT2D eigenvalue weighted by atomic mass is 10.2. The van der Waals surface area contributed by atoms with Gasteiger partial charge in [-0.1, -0.05) is 29.4 Å². The number of aromatic nitrogens is 3. The first kappa shape index (κ1) is 22.8. The second-order valence-corrected chi connectivity index (χ2v) is 8.06. The van der Waals surface area contributed by atoms with Crippen LogP contribution in [0.15, 0.2) is 66.1 Å². The molecule has 4 rings (SSSR count). The van der Waals surface area contributed by atoms with Crippen LogP contribution in [-0.2, 0) is 4.79 Å². The van der Waals surface area contributed by atoms with E-state index in [9.17, 15) is 9.18 Å². The predicted octanol–water partition coefficient (Wildman–Crippen LogP) is 5.66. The van der Waals surface area contributed by atoms with Crippen LogP contribution in [0.3, 0.4) is 0 Å². The molecule has 10 heteroatoms. The third kappa shape index (κ3) is 5.68. The minimum atomic E-state index is -0.520. The van der Waals surface area contributed by atoms with Gasteiger partial charge in [0.1, 0.15) is 18.0 Å². The van der Waals surface area contributed by atoms with E-state index in [2.05, 4.69) is 20.3 Å². The van der Waals surface area contributed by atoms with Gasteiger partial charge in [-0.15, -0.1) is 0 Å². The van der Waals surface area contributed by atoms with Gasteiger partial charge in [0.25, 0.3) is 0 Å². The molecule has 1 N–H and O–H groups in total. The number of rotatable bonds is 8. The van der Waals surface area contributed by atoms with Gasteiger partial charge in [0.15, 0.2) is 11.5 Å². The van der Waals surface area contributed by atoms with Crippen LogP contribution in [0.25, 0.3) is 10.9 Å². The van der Waals surface area contributed by atoms with Crippen LogP contribution < -0.4 is 14.8 Å². The summed E-state index contributed by atoms with van der Waals surface area (Å²) in [6, 6.07) is 13.0. The van der Waals surface area contributed by atoms with Crippen molar-refractivity contribution in [2.75, 3.05) is 17.7 Å². The summed E-state index contributed by atoms with van der Waals surface area (Å²) in [5, 5.41) is 4.38. The maximum Gasteiger partial charge on any atom is 0.321 e. The van der Waals surface area contributed by atoms with E-state index in [1.807, 2.05) is 19.1 Å². The molecular weight excluding hydrogens is 467 g/mol. The molecule has 0 aliphatic carbocycles. The van der Waals surface area contributed by atoms with Crippen LogP contribution in [0.5, 0.6) is 11.5 Å². The van der Waals surface area contributed by atoms with Crippen LogP contribution in [0.2, 0.25) is 5.02 Å². The van der Waals surface area contributed by atoms with Crippen molar-refractivity contribution in [2.24, 2.45) is 0 Å². The van der Waals surface area contributed by atoms with Crippen molar-refractivity contribution >= 4 is 51.7 Å². The first-order chi connectivity index (χ1) is 16.0. The molecular formula is C23H18ClFN4O3S. The predicted molar refractivity (Wildman–Crippen MR) is 126 cm³/mol. The number of pyridine rings is 1. The quantitative estimate of drug-likeness (QED) is 0.195. The maximum atomic E-state index is 13.5. The molecule has 0 radical (unpaired) electrons. The standard InChI is InChI=1S/C23H18ClFN4O3S/c1-2-31-19-11-18-15(10-20(19)32-22(30)12-33-21-5-3-4-8-26-21)23(28-13-27-18)29-14-6-7-17(25)16(24)9-14/h3-11,13H,2,12H2,1H3,(H,27,28,29). The van der Waals surface area contributed by atoms with Gasteiger partial charge >= 0.3 is 5.97 Å². The number of carbonyl (C=O) groups excluding carboxylic acids is 1. The Hall–Kier alpha value is -3.43. The van der Waals surface area contributed by atoms with E-state index < -0.39 is 11.8 Å². The van der Waals surface area contributed by atoms with Crippen molar-refractivity contribution in [1.29, 1.82) is 0 Å². The van der Waals surface area contributed by atoms with E-state index in [0.29, 0.717) is 34.8 Å². The fourth-order valence-electron chi connectivity index (χ4n) is 2.94. The number of nitrogens with one attached hydrogen (secondary N) is 1. The Bertz CT molecular complexity index is 1290. The third-order valence-electron chi connectivity index (χ3n) is 4.38. The highest BCUT2D eigenvalue weighted by molar-refractivity contribution is 7.99. The summed E-state index contributed by atoms with van der Waals surface area (Å²) in [4.78, 5) is 25.2. The second-order valence-electron chi connectivity index (χ2n) is 6.66. The molecule has 2 aromatic heterocycles. The molecule has 0 aliphatic heterocycles. The summed E-state index contributed by atoms with van der Waals surface area (Å²) >= 11 is 7.15. The molecule has 0 saturated carbocycles. The Morgan fingerprint density at radius 2 is 2.00 bits per heavy atom. The van der Waals surface area contributed by atoms with Crippen LogP contribution in [0.1, 0.15) is 6.92 Å². The summed E-state index contributed by atoms with van der Waals surface area (Å²) in [6.07, 6.45) is 3.05. The number of ether oxygens (including phenoxy) is 2. The summed E-state index contributed by atoms with van der Waals surface area (Å²) in [5.74, 6) is 0.162. The van der Waals surface area contributed by atoms with Gasteiger partial charge in [0.05, 0.1) is 27.9 Å². The zero-order valence-corrected chi connectivity index (χ0v) is 19.0. The molecule has 2 aromatic carbocycles. The number of nitrogens with zero attached hydrogens (tertiary/aromatic N) is 3. The highest BCUT2D eigenvalue weighted by atomic mass is 35.5. The molecule has 7 nitrogen and oxygen atoms in total. The second kappa shape index (κ2) is 10.5. The van der Waals surface area contributed by atoms with E-state index in [0.717, 1.165) is 5.03 Å². The highest BCUT2D eigenvalue weighted by Crippen LogP contribution is 2.35. The van der Waals surface area contributed by atoms with Gasteiger partial charge < -0.3 is 14.8 Å². The Morgan fingerprint density at radius 3 is 2.76 bits per heavy atom. The Balaban J connectivity index is 1.61. The minimum absolute atomic E-state index is 0.0166. The van der Waals surface area contributed by atoms with E-state index in [-0.39, 0.29) is 16.5 Å². The van der Waals surface area contributed by atoms with Crippen LogP contribution in [-0.4, -0.2) is 33.3 Å². The van der Waals surface area contributed by atoms with Crippen molar-refractivity contribution in [2.45, 2.75) is 11.9 Å². The minimum Gasteiger partial charge on any atom is -0.490 e. The van der Waals surface area contributed by atoms with Gasteiger partial charge in [-0.3, -0.25) is 4.79 Å². The van der Waals surface area contributed by atoms with E-state index >= 15 is 0 Å². The molecule has 0 fully saturated rings. The number of carbonyl (C=O) groups is 1. The average Bonchev–Trinajstić information content (AvgIpc) is 2.82. The topological polar surface area (TPSA) is 86.2 Å². The number of halogens is 2. The Kier molecular flexibility index (Phi) is 7.21. The van der Waals surface area contributed by atoms with Crippen LogP contribution in [0, 0.1) is 5.82 Å². The van der Waals surface area contributed by atoms with Gasteiger partial charge in [-0.25, -0.2) is 19.3 Å². The number of hydrogen-bond donors (Lipinski definition) is 1. The maximum absolute atomic E-state index is 13.5. The number of benzene rings is 2. The van der Waals surface area contributed by atoms with Crippen molar-refractivity contribution in [1.82, 2.24) is 15.0 Å². The summed E-state index contributed by atoms with van der Waals surface area (Å²) in [5.41, 5.74) is 1.12. The van der Waals surface area contributed by atoms with Gasteiger partial charge in [-0.05, 0) is 43.3 Å². The van der Waals surface area contributed by atoms with Crippen LogP contribution in [0.4, 0.5) is 15.9 Å². The number of esters is 1. The largest absolute Gasteiger partial charge is 0.490 e. The zero-order valence-electron chi connectivity index (χ0n) is 17.4. The molecule has 2 heterocycles. The summed E-state index contributed by atoms with van der Waals surface area (Å²) < 4.78 is 24.8. The number of fused-ring (bicyclic) bond motifs is 1. The SMILES string of the molecule is CCOc1cc2ncnc(Nc3ccc(F)c(Cl)c3)c2cc1OC(=O)CSc1ccccn1. The molecule has 0 aliphatic rings. The van der Waals surface area contributed by atoms with Gasteiger partial charge in [0, 0.05) is 23.3 Å². The molecule has 33 heavy (non-hydrogen) atoms. The third-order valence-corrected chi connectivity index (χ3v) is 5.59. The number of anilines is 2. The average molecular weight is 485 g/mol. The summed E-state index contributed by atoms with van der Waals surface area (Å²) in [6.45, 7) is 2.21. The molecule has 0 spiro atoms. The van der Waals surface area contributed by atoms with Crippen molar-refractivity contribution in [3.05, 3.63) is 71.9 Å². The molecule has 168 valence electrons. The smallest absolute Gasteiger partial charge is 0.321 e. The Labute approximate surface area is 198 Å². The zero-order chi connectivity index (χ0) is 23.2. The van der Waals surface area contributed by atoms with E-state index in [1.54, 1.807) is 30.5 Å². The monoisotopic (exact) mass is 484 g/mol. The van der Waals surface area contributed by atoms with Crippen molar-refractivity contribution in [3.63, 3.8) is 0 Å². The Morgan fingerprint density at radius 1 is 1.12 bits per heavy atom. The molecule has 0 bridgehead atoms. The molecule has 0 atom stereocenters. The molecule has 0 amide bonds. The first-order valence-corrected chi connectivity index (χ1v) is 11.3. The van der Waals surface area contributed by atoms with Crippen molar-refractivity contribution in [3.8, 4) is 11.5 Å². The van der Waals surface area contributed by atoms with Gasteiger partial charge in [-0.2, -0.15) is 0 Å².